The molecule has 0 spiro atoms. The Bertz CT molecular complexity index is 689. The monoisotopic (exact) mass is 298 g/mol. The zero-order valence-corrected chi connectivity index (χ0v) is 11.2. The van der Waals surface area contributed by atoms with Gasteiger partial charge in [-0.05, 0) is 33.4 Å². The van der Waals surface area contributed by atoms with E-state index in [1.165, 1.54) is 10.8 Å². The molecule has 1 aromatic heterocycles. The minimum absolute atomic E-state index is 0.965. The smallest absolute Gasteiger partial charge is 0.0582 e. The third-order valence-corrected chi connectivity index (χ3v) is 3.21. The van der Waals surface area contributed by atoms with Crippen LogP contribution in [0.4, 0.5) is 11.4 Å². The summed E-state index contributed by atoms with van der Waals surface area (Å²) in [6, 6.07) is 16.6. The van der Waals surface area contributed by atoms with Crippen LogP contribution in [0.25, 0.3) is 10.8 Å². The first-order chi connectivity index (χ1) is 8.83. The van der Waals surface area contributed by atoms with Crippen LogP contribution in [0.15, 0.2) is 65.4 Å². The molecule has 2 nitrogen and oxygen atoms in total. The first kappa shape index (κ1) is 11.2. The molecule has 1 N–H and O–H groups in total. The average molecular weight is 299 g/mol. The maximum atomic E-state index is 4.15. The van der Waals surface area contributed by atoms with E-state index in [0.29, 0.717) is 0 Å². The molecule has 0 atom stereocenters. The number of halogens is 1. The quantitative estimate of drug-likeness (QED) is 0.739. The van der Waals surface area contributed by atoms with Crippen molar-refractivity contribution in [2.75, 3.05) is 5.32 Å². The maximum absolute atomic E-state index is 4.15. The molecule has 3 aromatic rings. The molecule has 0 aliphatic rings. The van der Waals surface area contributed by atoms with Gasteiger partial charge in [0, 0.05) is 21.7 Å². The summed E-state index contributed by atoms with van der Waals surface area (Å²) in [6.45, 7) is 0. The maximum Gasteiger partial charge on any atom is 0.0582 e. The van der Waals surface area contributed by atoms with Crippen molar-refractivity contribution in [2.24, 2.45) is 0 Å². The molecular formula is C15H11BrN2. The van der Waals surface area contributed by atoms with Gasteiger partial charge in [0.1, 0.15) is 0 Å². The Morgan fingerprint density at radius 3 is 2.67 bits per heavy atom. The highest BCUT2D eigenvalue weighted by Crippen LogP contribution is 2.26. The van der Waals surface area contributed by atoms with Gasteiger partial charge in [-0.3, -0.25) is 4.98 Å². The molecule has 0 saturated heterocycles. The van der Waals surface area contributed by atoms with Crippen LogP contribution < -0.4 is 5.32 Å². The van der Waals surface area contributed by atoms with E-state index in [1.807, 2.05) is 24.4 Å². The van der Waals surface area contributed by atoms with Gasteiger partial charge in [-0.15, -0.1) is 0 Å². The first-order valence-corrected chi connectivity index (χ1v) is 6.47. The van der Waals surface area contributed by atoms with E-state index in [1.54, 1.807) is 6.20 Å². The van der Waals surface area contributed by atoms with E-state index >= 15 is 0 Å². The molecule has 0 aliphatic heterocycles. The molecule has 3 rings (SSSR count). The van der Waals surface area contributed by atoms with E-state index < -0.39 is 0 Å². The molecule has 0 saturated carbocycles. The average Bonchev–Trinajstić information content (AvgIpc) is 2.39. The summed E-state index contributed by atoms with van der Waals surface area (Å²) in [5, 5.41) is 5.83. The molecule has 0 radical (unpaired) electrons. The zero-order chi connectivity index (χ0) is 12.4. The lowest BCUT2D eigenvalue weighted by molar-refractivity contribution is 1.30. The molecule has 0 aliphatic carbocycles. The standard InChI is InChI=1S/C15H11BrN2/c16-12-8-13(10-17-9-12)18-15-7-3-5-11-4-1-2-6-14(11)15/h1-10,18H. The predicted molar refractivity (Wildman–Crippen MR) is 79.2 cm³/mol. The van der Waals surface area contributed by atoms with Gasteiger partial charge in [0.05, 0.1) is 11.9 Å². The number of fused-ring (bicyclic) bond motifs is 1. The van der Waals surface area contributed by atoms with Crippen molar-refractivity contribution in [3.63, 3.8) is 0 Å². The normalized spacial score (nSPS) is 10.5. The van der Waals surface area contributed by atoms with Crippen LogP contribution in [-0.2, 0) is 0 Å². The second-order valence-corrected chi connectivity index (χ2v) is 4.96. The van der Waals surface area contributed by atoms with Gasteiger partial charge in [-0.25, -0.2) is 0 Å². The number of hydrogen-bond donors (Lipinski definition) is 1. The number of rotatable bonds is 2. The molecule has 0 bridgehead atoms. The Hall–Kier alpha value is -1.87. The van der Waals surface area contributed by atoms with Crippen molar-refractivity contribution in [3.8, 4) is 0 Å². The fourth-order valence-electron chi connectivity index (χ4n) is 1.97. The van der Waals surface area contributed by atoms with E-state index in [0.717, 1.165) is 15.8 Å². The van der Waals surface area contributed by atoms with Crippen molar-refractivity contribution in [1.82, 2.24) is 4.98 Å². The summed E-state index contributed by atoms with van der Waals surface area (Å²) < 4.78 is 0.965. The molecule has 0 unspecified atom stereocenters. The fraction of sp³-hybridized carbons (Fsp3) is 0. The summed E-state index contributed by atoms with van der Waals surface area (Å²) in [6.07, 6.45) is 3.58. The lowest BCUT2D eigenvalue weighted by Gasteiger charge is -2.09. The number of anilines is 2. The van der Waals surface area contributed by atoms with Crippen LogP contribution in [0.1, 0.15) is 0 Å². The number of benzene rings is 2. The molecule has 0 amide bonds. The minimum Gasteiger partial charge on any atom is -0.354 e. The Morgan fingerprint density at radius 2 is 1.78 bits per heavy atom. The fourth-order valence-corrected chi connectivity index (χ4v) is 2.33. The third-order valence-electron chi connectivity index (χ3n) is 2.77. The van der Waals surface area contributed by atoms with Gasteiger partial charge < -0.3 is 5.32 Å². The summed E-state index contributed by atoms with van der Waals surface area (Å²) in [4.78, 5) is 4.15. The lowest BCUT2D eigenvalue weighted by Crippen LogP contribution is -1.92. The van der Waals surface area contributed by atoms with E-state index in [9.17, 15) is 0 Å². The lowest BCUT2D eigenvalue weighted by atomic mass is 10.1. The van der Waals surface area contributed by atoms with E-state index in [-0.39, 0.29) is 0 Å². The van der Waals surface area contributed by atoms with Crippen molar-refractivity contribution in [1.29, 1.82) is 0 Å². The number of hydrogen-bond acceptors (Lipinski definition) is 2. The number of nitrogens with zero attached hydrogens (tertiary/aromatic N) is 1. The van der Waals surface area contributed by atoms with Crippen molar-refractivity contribution in [2.45, 2.75) is 0 Å². The van der Waals surface area contributed by atoms with Crippen LogP contribution in [0, 0.1) is 0 Å². The van der Waals surface area contributed by atoms with E-state index in [4.69, 9.17) is 0 Å². The molecular weight excluding hydrogens is 288 g/mol. The number of nitrogens with one attached hydrogen (secondary N) is 1. The van der Waals surface area contributed by atoms with Gasteiger partial charge >= 0.3 is 0 Å². The second-order valence-electron chi connectivity index (χ2n) is 4.04. The van der Waals surface area contributed by atoms with Crippen LogP contribution >= 0.6 is 15.9 Å². The molecule has 3 heteroatoms. The Morgan fingerprint density at radius 1 is 0.944 bits per heavy atom. The highest BCUT2D eigenvalue weighted by atomic mass is 79.9. The van der Waals surface area contributed by atoms with Crippen LogP contribution in [0.2, 0.25) is 0 Å². The Kier molecular flexibility index (Phi) is 2.99. The molecule has 18 heavy (non-hydrogen) atoms. The summed E-state index contributed by atoms with van der Waals surface area (Å²) in [5.41, 5.74) is 2.06. The summed E-state index contributed by atoms with van der Waals surface area (Å²) >= 11 is 3.42. The van der Waals surface area contributed by atoms with Gasteiger partial charge in [0.25, 0.3) is 0 Å². The van der Waals surface area contributed by atoms with Crippen molar-refractivity contribution < 1.29 is 0 Å². The SMILES string of the molecule is Brc1cncc(Nc2cccc3ccccc23)c1. The van der Waals surface area contributed by atoms with Gasteiger partial charge in [-0.1, -0.05) is 36.4 Å². The molecule has 88 valence electrons. The second kappa shape index (κ2) is 4.78. The summed E-state index contributed by atoms with van der Waals surface area (Å²) in [5.74, 6) is 0. The van der Waals surface area contributed by atoms with Crippen molar-refractivity contribution >= 4 is 38.1 Å². The molecule has 2 aromatic carbocycles. The van der Waals surface area contributed by atoms with Crippen LogP contribution in [0.5, 0.6) is 0 Å². The van der Waals surface area contributed by atoms with Crippen LogP contribution in [-0.4, -0.2) is 4.98 Å². The minimum atomic E-state index is 0.965. The van der Waals surface area contributed by atoms with Crippen molar-refractivity contribution in [3.05, 3.63) is 65.4 Å². The van der Waals surface area contributed by atoms with Crippen LogP contribution in [0.3, 0.4) is 0 Å². The van der Waals surface area contributed by atoms with Gasteiger partial charge in [-0.2, -0.15) is 0 Å². The molecule has 1 heterocycles. The topological polar surface area (TPSA) is 24.9 Å². The highest BCUT2D eigenvalue weighted by molar-refractivity contribution is 9.10. The Balaban J connectivity index is 2.05. The van der Waals surface area contributed by atoms with Gasteiger partial charge in [0.2, 0.25) is 0 Å². The third kappa shape index (κ3) is 2.22. The number of pyridine rings is 1. The predicted octanol–water partition coefficient (Wildman–Crippen LogP) is 4.74. The Labute approximate surface area is 114 Å². The number of aromatic nitrogens is 1. The highest BCUT2D eigenvalue weighted by Gasteiger charge is 2.01. The molecule has 0 fully saturated rings. The largest absolute Gasteiger partial charge is 0.354 e. The first-order valence-electron chi connectivity index (χ1n) is 5.68. The van der Waals surface area contributed by atoms with Gasteiger partial charge in [0.15, 0.2) is 0 Å². The van der Waals surface area contributed by atoms with E-state index in [2.05, 4.69) is 56.6 Å². The summed E-state index contributed by atoms with van der Waals surface area (Å²) in [7, 11) is 0. The zero-order valence-electron chi connectivity index (χ0n) is 9.60.